The summed E-state index contributed by atoms with van der Waals surface area (Å²) in [5.74, 6) is -0.667. The fraction of sp³-hybridized carbons (Fsp3) is 0.462. The molecule has 0 radical (unpaired) electrons. The molecule has 0 fully saturated rings. The Balaban J connectivity index is 3.13. The second-order valence-electron chi connectivity index (χ2n) is 4.30. The van der Waals surface area contributed by atoms with Crippen LogP contribution in [0.3, 0.4) is 0 Å². The van der Waals surface area contributed by atoms with Crippen LogP contribution in [0.15, 0.2) is 18.2 Å². The Labute approximate surface area is 102 Å². The quantitative estimate of drug-likeness (QED) is 0.611. The fourth-order valence-corrected chi connectivity index (χ4v) is 1.92. The summed E-state index contributed by atoms with van der Waals surface area (Å²) in [6, 6.07) is 5.07. The lowest BCUT2D eigenvalue weighted by Crippen LogP contribution is -2.31. The highest BCUT2D eigenvalue weighted by Crippen LogP contribution is 2.24. The topological polar surface area (TPSA) is 53.1 Å². The maximum Gasteiger partial charge on any atom is 0.136 e. The zero-order valence-electron chi connectivity index (χ0n) is 10.6. The lowest BCUT2D eigenvalue weighted by molar-refractivity contribution is 0.604. The molecule has 0 aliphatic carbocycles. The molecule has 4 heteroatoms. The van der Waals surface area contributed by atoms with Crippen molar-refractivity contribution in [3.05, 3.63) is 29.6 Å². The molecule has 0 aliphatic rings. The summed E-state index contributed by atoms with van der Waals surface area (Å²) in [6.45, 7) is 4.19. The third-order valence-corrected chi connectivity index (χ3v) is 3.01. The monoisotopic (exact) mass is 237 g/mol. The molecule has 0 spiro atoms. The van der Waals surface area contributed by atoms with Crippen LogP contribution >= 0.6 is 0 Å². The van der Waals surface area contributed by atoms with E-state index in [9.17, 15) is 4.39 Å². The zero-order chi connectivity index (χ0) is 13.0. The number of nitrogens with one attached hydrogen (secondary N) is 1. The number of rotatable bonds is 5. The van der Waals surface area contributed by atoms with Crippen LogP contribution in [0.2, 0.25) is 0 Å². The van der Waals surface area contributed by atoms with Gasteiger partial charge in [0, 0.05) is 13.1 Å². The van der Waals surface area contributed by atoms with E-state index in [-0.39, 0.29) is 11.4 Å². The summed E-state index contributed by atoms with van der Waals surface area (Å²) >= 11 is 0. The van der Waals surface area contributed by atoms with Gasteiger partial charge in [-0.25, -0.2) is 4.39 Å². The van der Waals surface area contributed by atoms with Crippen molar-refractivity contribution in [1.29, 1.82) is 5.41 Å². The minimum Gasteiger partial charge on any atom is -0.384 e. The highest BCUT2D eigenvalue weighted by atomic mass is 19.1. The zero-order valence-corrected chi connectivity index (χ0v) is 10.6. The number of benzene rings is 1. The van der Waals surface area contributed by atoms with Crippen LogP contribution in [0.1, 0.15) is 32.3 Å². The van der Waals surface area contributed by atoms with Gasteiger partial charge >= 0.3 is 0 Å². The van der Waals surface area contributed by atoms with Crippen molar-refractivity contribution in [2.75, 3.05) is 11.9 Å². The number of nitrogen functional groups attached to an aromatic ring is 1. The van der Waals surface area contributed by atoms with Gasteiger partial charge in [-0.3, -0.25) is 5.41 Å². The number of amidine groups is 1. The first-order chi connectivity index (χ1) is 7.99. The second-order valence-corrected chi connectivity index (χ2v) is 4.30. The largest absolute Gasteiger partial charge is 0.384 e. The van der Waals surface area contributed by atoms with Crippen molar-refractivity contribution in [1.82, 2.24) is 0 Å². The van der Waals surface area contributed by atoms with Gasteiger partial charge in [0.2, 0.25) is 0 Å². The van der Waals surface area contributed by atoms with Gasteiger partial charge in [-0.2, -0.15) is 0 Å². The van der Waals surface area contributed by atoms with Crippen molar-refractivity contribution < 1.29 is 4.39 Å². The molecule has 3 N–H and O–H groups in total. The Morgan fingerprint density at radius 1 is 1.53 bits per heavy atom. The van der Waals surface area contributed by atoms with Crippen molar-refractivity contribution in [2.45, 2.75) is 32.7 Å². The van der Waals surface area contributed by atoms with Crippen LogP contribution in [0.4, 0.5) is 10.1 Å². The minimum atomic E-state index is -0.439. The fourth-order valence-electron chi connectivity index (χ4n) is 1.92. The lowest BCUT2D eigenvalue weighted by Gasteiger charge is -2.28. The number of anilines is 1. The standard InChI is InChI=1S/C13H20FN3/c1-4-6-9(2)17(3)11-8-5-7-10(14)12(11)13(15)16/h5,7-9H,4,6H2,1-3H3,(H3,15,16). The summed E-state index contributed by atoms with van der Waals surface area (Å²) in [5.41, 5.74) is 6.32. The third kappa shape index (κ3) is 2.96. The molecule has 1 aromatic rings. The first-order valence-electron chi connectivity index (χ1n) is 5.84. The Morgan fingerprint density at radius 2 is 2.18 bits per heavy atom. The first kappa shape index (κ1) is 13.5. The summed E-state index contributed by atoms with van der Waals surface area (Å²) < 4.78 is 13.7. The van der Waals surface area contributed by atoms with E-state index in [1.54, 1.807) is 12.1 Å². The van der Waals surface area contributed by atoms with E-state index in [0.29, 0.717) is 11.7 Å². The van der Waals surface area contributed by atoms with E-state index in [1.807, 2.05) is 11.9 Å². The molecule has 1 atom stereocenters. The molecule has 0 amide bonds. The summed E-state index contributed by atoms with van der Waals surface area (Å²) in [4.78, 5) is 1.98. The SMILES string of the molecule is CCCC(C)N(C)c1cccc(F)c1C(=N)N. The van der Waals surface area contributed by atoms with Crippen LogP contribution in [0.25, 0.3) is 0 Å². The number of hydrogen-bond acceptors (Lipinski definition) is 2. The van der Waals surface area contributed by atoms with Crippen molar-refractivity contribution in [3.8, 4) is 0 Å². The van der Waals surface area contributed by atoms with Gasteiger partial charge in [-0.05, 0) is 25.5 Å². The maximum absolute atomic E-state index is 13.7. The highest BCUT2D eigenvalue weighted by Gasteiger charge is 2.17. The number of hydrogen-bond donors (Lipinski definition) is 2. The molecule has 3 nitrogen and oxygen atoms in total. The Morgan fingerprint density at radius 3 is 2.71 bits per heavy atom. The number of halogens is 1. The van der Waals surface area contributed by atoms with Gasteiger partial charge in [0.05, 0.1) is 11.3 Å². The van der Waals surface area contributed by atoms with Crippen LogP contribution < -0.4 is 10.6 Å². The molecule has 1 aromatic carbocycles. The van der Waals surface area contributed by atoms with Gasteiger partial charge in [0.1, 0.15) is 11.7 Å². The summed E-state index contributed by atoms with van der Waals surface area (Å²) in [6.07, 6.45) is 2.08. The van der Waals surface area contributed by atoms with Gasteiger partial charge in [0.15, 0.2) is 0 Å². The molecule has 94 valence electrons. The molecule has 0 aliphatic heterocycles. The van der Waals surface area contributed by atoms with Gasteiger partial charge < -0.3 is 10.6 Å². The van der Waals surface area contributed by atoms with E-state index in [2.05, 4.69) is 13.8 Å². The lowest BCUT2D eigenvalue weighted by atomic mass is 10.1. The molecular weight excluding hydrogens is 217 g/mol. The van der Waals surface area contributed by atoms with E-state index in [0.717, 1.165) is 12.8 Å². The summed E-state index contributed by atoms with van der Waals surface area (Å²) in [7, 11) is 1.90. The molecule has 17 heavy (non-hydrogen) atoms. The van der Waals surface area contributed by atoms with Crippen LogP contribution in [0, 0.1) is 11.2 Å². The Kier molecular flexibility index (Phi) is 4.49. The maximum atomic E-state index is 13.7. The smallest absolute Gasteiger partial charge is 0.136 e. The van der Waals surface area contributed by atoms with E-state index >= 15 is 0 Å². The minimum absolute atomic E-state index is 0.193. The summed E-state index contributed by atoms with van der Waals surface area (Å²) in [5, 5.41) is 7.46. The molecule has 0 aromatic heterocycles. The average Bonchev–Trinajstić information content (AvgIpc) is 2.27. The molecular formula is C13H20FN3. The molecule has 0 saturated heterocycles. The molecule has 1 unspecified atom stereocenters. The van der Waals surface area contributed by atoms with E-state index in [1.165, 1.54) is 6.07 Å². The molecule has 0 saturated carbocycles. The molecule has 0 heterocycles. The number of nitrogens with zero attached hydrogens (tertiary/aromatic N) is 1. The average molecular weight is 237 g/mol. The predicted molar refractivity (Wildman–Crippen MR) is 70.2 cm³/mol. The van der Waals surface area contributed by atoms with Crippen LogP contribution in [-0.2, 0) is 0 Å². The third-order valence-electron chi connectivity index (χ3n) is 3.01. The number of nitrogens with two attached hydrogens (primary N) is 1. The Bertz CT molecular complexity index is 404. The second kappa shape index (κ2) is 5.66. The van der Waals surface area contributed by atoms with Gasteiger partial charge in [0.25, 0.3) is 0 Å². The van der Waals surface area contributed by atoms with E-state index < -0.39 is 5.82 Å². The predicted octanol–water partition coefficient (Wildman–Crippen LogP) is 2.73. The van der Waals surface area contributed by atoms with Gasteiger partial charge in [-0.15, -0.1) is 0 Å². The van der Waals surface area contributed by atoms with Crippen molar-refractivity contribution >= 4 is 11.5 Å². The normalized spacial score (nSPS) is 12.2. The highest BCUT2D eigenvalue weighted by molar-refractivity contribution is 6.00. The van der Waals surface area contributed by atoms with E-state index in [4.69, 9.17) is 11.1 Å². The van der Waals surface area contributed by atoms with Crippen molar-refractivity contribution in [2.24, 2.45) is 5.73 Å². The van der Waals surface area contributed by atoms with Gasteiger partial charge in [-0.1, -0.05) is 19.4 Å². The van der Waals surface area contributed by atoms with Crippen LogP contribution in [0.5, 0.6) is 0 Å². The Hall–Kier alpha value is -1.58. The van der Waals surface area contributed by atoms with Crippen molar-refractivity contribution in [3.63, 3.8) is 0 Å². The molecule has 0 bridgehead atoms. The first-order valence-corrected chi connectivity index (χ1v) is 5.84. The molecule has 1 rings (SSSR count). The van der Waals surface area contributed by atoms with Crippen LogP contribution in [-0.4, -0.2) is 18.9 Å².